The Labute approximate surface area is 160 Å². The second-order valence-corrected chi connectivity index (χ2v) is 8.38. The zero-order chi connectivity index (χ0) is 19.6. The van der Waals surface area contributed by atoms with E-state index in [1.165, 1.54) is 6.33 Å². The average molecular weight is 382 g/mol. The summed E-state index contributed by atoms with van der Waals surface area (Å²) in [5.41, 5.74) is 5.82. The minimum atomic E-state index is -3.65. The van der Waals surface area contributed by atoms with E-state index in [-0.39, 0.29) is 6.54 Å². The van der Waals surface area contributed by atoms with E-state index in [1.54, 1.807) is 6.07 Å². The van der Waals surface area contributed by atoms with E-state index in [2.05, 4.69) is 14.7 Å². The summed E-state index contributed by atoms with van der Waals surface area (Å²) < 4.78 is 28.6. The van der Waals surface area contributed by atoms with Crippen molar-refractivity contribution in [2.75, 3.05) is 0 Å². The summed E-state index contributed by atoms with van der Waals surface area (Å²) in [5.74, 6) is 0. The summed E-state index contributed by atoms with van der Waals surface area (Å²) in [6, 6.07) is 13.5. The molecule has 27 heavy (non-hydrogen) atoms. The van der Waals surface area contributed by atoms with Crippen molar-refractivity contribution in [1.82, 2.24) is 14.7 Å². The van der Waals surface area contributed by atoms with Gasteiger partial charge < -0.3 is 0 Å². The van der Waals surface area contributed by atoms with E-state index in [4.69, 9.17) is 0 Å². The molecule has 0 radical (unpaired) electrons. The Morgan fingerprint density at radius 3 is 2.15 bits per heavy atom. The molecular weight excluding hydrogens is 358 g/mol. The molecule has 3 aromatic rings. The van der Waals surface area contributed by atoms with Crippen LogP contribution in [-0.4, -0.2) is 18.4 Å². The Morgan fingerprint density at radius 2 is 1.52 bits per heavy atom. The third-order valence-corrected chi connectivity index (χ3v) is 6.48. The van der Waals surface area contributed by atoms with Gasteiger partial charge in [-0.15, -0.1) is 0 Å². The van der Waals surface area contributed by atoms with Gasteiger partial charge in [0.2, 0.25) is 10.0 Å². The number of hydrogen-bond acceptors (Lipinski definition) is 4. The predicted octanol–water partition coefficient (Wildman–Crippen LogP) is 3.86. The van der Waals surface area contributed by atoms with Crippen LogP contribution in [-0.2, 0) is 16.6 Å². The van der Waals surface area contributed by atoms with Crippen molar-refractivity contribution in [2.24, 2.45) is 0 Å². The minimum absolute atomic E-state index is 0.108. The summed E-state index contributed by atoms with van der Waals surface area (Å²) in [6.45, 7) is 7.65. The van der Waals surface area contributed by atoms with Crippen molar-refractivity contribution >= 4 is 10.0 Å². The summed E-state index contributed by atoms with van der Waals surface area (Å²) in [7, 11) is -3.65. The molecule has 0 atom stereocenters. The fourth-order valence-corrected chi connectivity index (χ4v) is 4.70. The van der Waals surface area contributed by atoms with Gasteiger partial charge in [-0.2, -0.15) is 0 Å². The molecular formula is C21H23N3O2S. The highest BCUT2D eigenvalue weighted by Crippen LogP contribution is 2.26. The molecule has 0 amide bonds. The smallest absolute Gasteiger partial charge is 0.240 e. The van der Waals surface area contributed by atoms with Crippen molar-refractivity contribution in [3.63, 3.8) is 0 Å². The van der Waals surface area contributed by atoms with Crippen LogP contribution in [0.25, 0.3) is 11.3 Å². The van der Waals surface area contributed by atoms with Crippen LogP contribution in [0.4, 0.5) is 0 Å². The molecule has 6 heteroatoms. The summed E-state index contributed by atoms with van der Waals surface area (Å²) in [4.78, 5) is 8.84. The molecule has 0 saturated heterocycles. The van der Waals surface area contributed by atoms with E-state index in [0.29, 0.717) is 10.6 Å². The van der Waals surface area contributed by atoms with Crippen LogP contribution < -0.4 is 4.72 Å². The fraction of sp³-hybridized carbons (Fsp3) is 0.238. The maximum atomic E-state index is 13.0. The number of rotatable bonds is 5. The molecule has 1 aromatic heterocycles. The second kappa shape index (κ2) is 7.58. The van der Waals surface area contributed by atoms with Gasteiger partial charge in [0.25, 0.3) is 0 Å². The SMILES string of the molecule is Cc1cc(C)c(C)c(S(=O)(=O)NCc2cc(-c3ccccc3)ncn2)c1C. The van der Waals surface area contributed by atoms with E-state index < -0.39 is 10.0 Å². The number of aryl methyl sites for hydroxylation is 2. The molecule has 0 spiro atoms. The third-order valence-electron chi connectivity index (χ3n) is 4.80. The van der Waals surface area contributed by atoms with Gasteiger partial charge in [0, 0.05) is 5.56 Å². The number of hydrogen-bond donors (Lipinski definition) is 1. The molecule has 1 heterocycles. The highest BCUT2D eigenvalue weighted by Gasteiger charge is 2.22. The first-order chi connectivity index (χ1) is 12.8. The first-order valence-corrected chi connectivity index (χ1v) is 10.2. The molecule has 140 valence electrons. The van der Waals surface area contributed by atoms with E-state index in [9.17, 15) is 8.42 Å². The van der Waals surface area contributed by atoms with E-state index in [0.717, 1.165) is 33.5 Å². The Hall–Kier alpha value is -2.57. The Kier molecular flexibility index (Phi) is 5.39. The molecule has 0 aliphatic rings. The minimum Gasteiger partial charge on any atom is -0.240 e. The summed E-state index contributed by atoms with van der Waals surface area (Å²) >= 11 is 0. The van der Waals surface area contributed by atoms with Crippen LogP contribution in [0.5, 0.6) is 0 Å². The van der Waals surface area contributed by atoms with Gasteiger partial charge in [-0.25, -0.2) is 23.1 Å². The number of sulfonamides is 1. The molecule has 3 rings (SSSR count). The second-order valence-electron chi connectivity index (χ2n) is 6.67. The molecule has 0 unspecified atom stereocenters. The average Bonchev–Trinajstić information content (AvgIpc) is 2.66. The largest absolute Gasteiger partial charge is 0.241 e. The van der Waals surface area contributed by atoms with Gasteiger partial charge in [0.05, 0.1) is 22.8 Å². The number of benzene rings is 2. The van der Waals surface area contributed by atoms with Crippen molar-refractivity contribution in [2.45, 2.75) is 39.1 Å². The molecule has 0 aliphatic heterocycles. The molecule has 5 nitrogen and oxygen atoms in total. The Morgan fingerprint density at radius 1 is 0.889 bits per heavy atom. The first-order valence-electron chi connectivity index (χ1n) is 8.73. The molecule has 0 aliphatic carbocycles. The van der Waals surface area contributed by atoms with Gasteiger partial charge in [-0.3, -0.25) is 0 Å². The highest BCUT2D eigenvalue weighted by atomic mass is 32.2. The van der Waals surface area contributed by atoms with Gasteiger partial charge in [-0.1, -0.05) is 36.4 Å². The van der Waals surface area contributed by atoms with Crippen molar-refractivity contribution in [3.8, 4) is 11.3 Å². The molecule has 1 N–H and O–H groups in total. The van der Waals surface area contributed by atoms with Gasteiger partial charge in [0.15, 0.2) is 0 Å². The Bertz CT molecular complexity index is 1050. The normalized spacial score (nSPS) is 11.6. The summed E-state index contributed by atoms with van der Waals surface area (Å²) in [5, 5.41) is 0. The lowest BCUT2D eigenvalue weighted by Gasteiger charge is -2.16. The number of nitrogens with one attached hydrogen (secondary N) is 1. The van der Waals surface area contributed by atoms with E-state index >= 15 is 0 Å². The molecule has 0 saturated carbocycles. The first kappa shape index (κ1) is 19.2. The number of nitrogens with zero attached hydrogens (tertiary/aromatic N) is 2. The number of aromatic nitrogens is 2. The van der Waals surface area contributed by atoms with Crippen LogP contribution in [0.3, 0.4) is 0 Å². The molecule has 2 aromatic carbocycles. The lowest BCUT2D eigenvalue weighted by Crippen LogP contribution is -2.26. The van der Waals surface area contributed by atoms with Crippen molar-refractivity contribution in [3.05, 3.63) is 76.7 Å². The maximum absolute atomic E-state index is 13.0. The van der Waals surface area contributed by atoms with Crippen LogP contribution in [0.15, 0.2) is 53.7 Å². The third kappa shape index (κ3) is 4.07. The quantitative estimate of drug-likeness (QED) is 0.728. The van der Waals surface area contributed by atoms with Gasteiger partial charge >= 0.3 is 0 Å². The van der Waals surface area contributed by atoms with Crippen molar-refractivity contribution < 1.29 is 8.42 Å². The zero-order valence-corrected chi connectivity index (χ0v) is 16.8. The van der Waals surface area contributed by atoms with Crippen LogP contribution in [0.1, 0.15) is 27.9 Å². The Balaban J connectivity index is 1.87. The predicted molar refractivity (Wildman–Crippen MR) is 107 cm³/mol. The zero-order valence-electron chi connectivity index (χ0n) is 15.9. The molecule has 0 bridgehead atoms. The fourth-order valence-electron chi connectivity index (χ4n) is 3.09. The molecule has 0 fully saturated rings. The lowest BCUT2D eigenvalue weighted by molar-refractivity contribution is 0.578. The van der Waals surface area contributed by atoms with Gasteiger partial charge in [0.1, 0.15) is 6.33 Å². The van der Waals surface area contributed by atoms with E-state index in [1.807, 2.05) is 64.1 Å². The van der Waals surface area contributed by atoms with Crippen LogP contribution >= 0.6 is 0 Å². The standard InChI is InChI=1S/C21H23N3O2S/c1-14-10-15(2)17(4)21(16(14)3)27(25,26)24-12-19-11-20(23-13-22-19)18-8-6-5-7-9-18/h5-11,13,24H,12H2,1-4H3. The topological polar surface area (TPSA) is 72.0 Å². The highest BCUT2D eigenvalue weighted by molar-refractivity contribution is 7.89. The van der Waals surface area contributed by atoms with Crippen molar-refractivity contribution in [1.29, 1.82) is 0 Å². The maximum Gasteiger partial charge on any atom is 0.241 e. The van der Waals surface area contributed by atoms with Crippen LogP contribution in [0, 0.1) is 27.7 Å². The monoisotopic (exact) mass is 381 g/mol. The van der Waals surface area contributed by atoms with Crippen LogP contribution in [0.2, 0.25) is 0 Å². The summed E-state index contributed by atoms with van der Waals surface area (Å²) in [6.07, 6.45) is 1.46. The van der Waals surface area contributed by atoms with Gasteiger partial charge in [-0.05, 0) is 56.0 Å². The lowest BCUT2D eigenvalue weighted by atomic mass is 10.0.